The molecule has 0 bridgehead atoms. The van der Waals surface area contributed by atoms with Gasteiger partial charge in [0.15, 0.2) is 5.58 Å². The Morgan fingerprint density at radius 1 is 0.351 bits per heavy atom. The van der Waals surface area contributed by atoms with E-state index in [4.69, 9.17) is 4.42 Å². The van der Waals surface area contributed by atoms with Crippen molar-refractivity contribution in [2.45, 2.75) is 5.41 Å². The Bertz CT molecular complexity index is 3010. The van der Waals surface area contributed by atoms with Crippen LogP contribution in [-0.2, 0) is 5.41 Å². The molecule has 0 fully saturated rings. The third kappa shape index (κ3) is 5.26. The van der Waals surface area contributed by atoms with Gasteiger partial charge in [0.1, 0.15) is 5.58 Å². The standard InChI is InChI=1S/C55H37NO/c1-4-16-38(17-5-1)40-30-33-44(34-31-40)56(45-23-14-20-41(36-45)39-18-6-2-7-19-39)52-29-15-26-49-48-35-32-43(37-53(48)57-54(49)52)55(42-21-8-3-9-22-42)50-27-12-10-24-46(50)47-25-11-13-28-51(47)55/h1-37H. The molecule has 0 N–H and O–H groups in total. The molecule has 1 aliphatic carbocycles. The molecule has 2 heteroatoms. The summed E-state index contributed by atoms with van der Waals surface area (Å²) in [7, 11) is 0. The summed E-state index contributed by atoms with van der Waals surface area (Å²) in [6.45, 7) is 0. The quantitative estimate of drug-likeness (QED) is 0.163. The number of rotatable bonds is 7. The van der Waals surface area contributed by atoms with Gasteiger partial charge in [0.2, 0.25) is 0 Å². The molecular formula is C55H37NO. The van der Waals surface area contributed by atoms with E-state index in [0.29, 0.717) is 0 Å². The van der Waals surface area contributed by atoms with E-state index in [0.717, 1.165) is 44.6 Å². The number of nitrogens with zero attached hydrogens (tertiary/aromatic N) is 1. The van der Waals surface area contributed by atoms with Crippen LogP contribution < -0.4 is 4.90 Å². The van der Waals surface area contributed by atoms with Gasteiger partial charge < -0.3 is 9.32 Å². The lowest BCUT2D eigenvalue weighted by Gasteiger charge is -2.33. The number of hydrogen-bond acceptors (Lipinski definition) is 2. The van der Waals surface area contributed by atoms with Crippen LogP contribution >= 0.6 is 0 Å². The lowest BCUT2D eigenvalue weighted by molar-refractivity contribution is 0.666. The van der Waals surface area contributed by atoms with Gasteiger partial charge in [-0.25, -0.2) is 0 Å². The fraction of sp³-hybridized carbons (Fsp3) is 0.0182. The minimum Gasteiger partial charge on any atom is -0.454 e. The maximum Gasteiger partial charge on any atom is 0.159 e. The van der Waals surface area contributed by atoms with E-state index in [1.807, 2.05) is 0 Å². The zero-order valence-corrected chi connectivity index (χ0v) is 31.2. The van der Waals surface area contributed by atoms with Crippen molar-refractivity contribution in [3.05, 3.63) is 247 Å². The minimum absolute atomic E-state index is 0.505. The van der Waals surface area contributed by atoms with Crippen LogP contribution in [0, 0.1) is 0 Å². The van der Waals surface area contributed by atoms with Crippen molar-refractivity contribution in [2.75, 3.05) is 4.90 Å². The third-order valence-electron chi connectivity index (χ3n) is 11.8. The first-order valence-corrected chi connectivity index (χ1v) is 19.6. The van der Waals surface area contributed by atoms with E-state index >= 15 is 0 Å². The second-order valence-corrected chi connectivity index (χ2v) is 14.8. The Morgan fingerprint density at radius 3 is 1.60 bits per heavy atom. The molecule has 0 amide bonds. The first-order chi connectivity index (χ1) is 28.3. The molecule has 1 heterocycles. The number of benzene rings is 9. The molecule has 0 aliphatic heterocycles. The summed E-state index contributed by atoms with van der Waals surface area (Å²) in [5.74, 6) is 0. The number of anilines is 3. The third-order valence-corrected chi connectivity index (χ3v) is 11.8. The maximum atomic E-state index is 7.13. The number of furan rings is 1. The van der Waals surface area contributed by atoms with E-state index in [1.54, 1.807) is 0 Å². The van der Waals surface area contributed by atoms with Crippen molar-refractivity contribution < 1.29 is 4.42 Å². The number of para-hydroxylation sites is 1. The summed E-state index contributed by atoms with van der Waals surface area (Å²) < 4.78 is 7.13. The summed E-state index contributed by atoms with van der Waals surface area (Å²) >= 11 is 0. The predicted molar refractivity (Wildman–Crippen MR) is 237 cm³/mol. The van der Waals surface area contributed by atoms with Gasteiger partial charge in [-0.1, -0.05) is 188 Å². The minimum atomic E-state index is -0.505. The van der Waals surface area contributed by atoms with Crippen LogP contribution in [-0.4, -0.2) is 0 Å². The Morgan fingerprint density at radius 2 is 0.912 bits per heavy atom. The molecule has 1 aliphatic rings. The zero-order valence-electron chi connectivity index (χ0n) is 31.2. The van der Waals surface area contributed by atoms with Crippen molar-refractivity contribution in [3.8, 4) is 33.4 Å². The number of hydrogen-bond donors (Lipinski definition) is 0. The van der Waals surface area contributed by atoms with Crippen LogP contribution in [0.2, 0.25) is 0 Å². The topological polar surface area (TPSA) is 16.4 Å². The van der Waals surface area contributed by atoms with Gasteiger partial charge in [-0.05, 0) is 92.0 Å². The van der Waals surface area contributed by atoms with Crippen LogP contribution in [0.15, 0.2) is 229 Å². The first kappa shape index (κ1) is 33.0. The maximum absolute atomic E-state index is 7.13. The summed E-state index contributed by atoms with van der Waals surface area (Å²) in [5.41, 5.74) is 16.5. The van der Waals surface area contributed by atoms with E-state index in [9.17, 15) is 0 Å². The fourth-order valence-electron chi connectivity index (χ4n) is 9.22. The summed E-state index contributed by atoms with van der Waals surface area (Å²) in [6.07, 6.45) is 0. The van der Waals surface area contributed by atoms with E-state index in [-0.39, 0.29) is 0 Å². The van der Waals surface area contributed by atoms with Crippen molar-refractivity contribution in [2.24, 2.45) is 0 Å². The van der Waals surface area contributed by atoms with Gasteiger partial charge in [0.05, 0.1) is 11.1 Å². The monoisotopic (exact) mass is 727 g/mol. The molecule has 11 rings (SSSR count). The van der Waals surface area contributed by atoms with Crippen LogP contribution in [0.3, 0.4) is 0 Å². The second kappa shape index (κ2) is 13.4. The van der Waals surface area contributed by atoms with Gasteiger partial charge in [0.25, 0.3) is 0 Å². The summed E-state index contributed by atoms with van der Waals surface area (Å²) in [5, 5.41) is 2.18. The van der Waals surface area contributed by atoms with Gasteiger partial charge in [0, 0.05) is 22.1 Å². The molecule has 1 aromatic heterocycles. The molecule has 0 saturated heterocycles. The lowest BCUT2D eigenvalue weighted by Crippen LogP contribution is -2.28. The molecule has 0 spiro atoms. The van der Waals surface area contributed by atoms with E-state index in [1.165, 1.54) is 50.1 Å². The molecule has 2 nitrogen and oxygen atoms in total. The van der Waals surface area contributed by atoms with Crippen LogP contribution in [0.25, 0.3) is 55.3 Å². The second-order valence-electron chi connectivity index (χ2n) is 14.8. The fourth-order valence-corrected chi connectivity index (χ4v) is 9.22. The predicted octanol–water partition coefficient (Wildman–Crippen LogP) is 14.8. The largest absolute Gasteiger partial charge is 0.454 e. The average molecular weight is 728 g/mol. The highest BCUT2D eigenvalue weighted by Gasteiger charge is 2.46. The number of fused-ring (bicyclic) bond motifs is 6. The molecule has 10 aromatic rings. The lowest BCUT2D eigenvalue weighted by atomic mass is 9.67. The molecule has 0 unspecified atom stereocenters. The van der Waals surface area contributed by atoms with Crippen molar-refractivity contribution in [3.63, 3.8) is 0 Å². The Balaban J connectivity index is 1.12. The van der Waals surface area contributed by atoms with Crippen LogP contribution in [0.1, 0.15) is 22.3 Å². The van der Waals surface area contributed by atoms with Gasteiger partial charge >= 0.3 is 0 Å². The molecule has 0 atom stereocenters. The van der Waals surface area contributed by atoms with E-state index < -0.39 is 5.41 Å². The molecule has 57 heavy (non-hydrogen) atoms. The molecule has 0 radical (unpaired) electrons. The molecular weight excluding hydrogens is 691 g/mol. The van der Waals surface area contributed by atoms with Crippen LogP contribution in [0.5, 0.6) is 0 Å². The average Bonchev–Trinajstić information content (AvgIpc) is 3.82. The summed E-state index contributed by atoms with van der Waals surface area (Å²) in [4.78, 5) is 2.34. The SMILES string of the molecule is c1ccc(-c2ccc(N(c3cccc(-c4ccccc4)c3)c3cccc4c3oc3cc(C5(c6ccccc6)c6ccccc6-c6ccccc65)ccc34)cc2)cc1. The van der Waals surface area contributed by atoms with Crippen molar-refractivity contribution in [1.29, 1.82) is 0 Å². The molecule has 0 saturated carbocycles. The van der Waals surface area contributed by atoms with Gasteiger partial charge in [-0.2, -0.15) is 0 Å². The first-order valence-electron chi connectivity index (χ1n) is 19.6. The van der Waals surface area contributed by atoms with Crippen molar-refractivity contribution in [1.82, 2.24) is 0 Å². The highest BCUT2D eigenvalue weighted by molar-refractivity contribution is 6.10. The molecule has 268 valence electrons. The Labute approximate surface area is 332 Å². The van der Waals surface area contributed by atoms with Gasteiger partial charge in [-0.3, -0.25) is 0 Å². The van der Waals surface area contributed by atoms with E-state index in [2.05, 4.69) is 229 Å². The Hall–Kier alpha value is -7.42. The summed E-state index contributed by atoms with van der Waals surface area (Å²) in [6, 6.07) is 80.9. The Kier molecular flexibility index (Phi) is 7.75. The molecule has 9 aromatic carbocycles. The normalized spacial score (nSPS) is 12.7. The highest BCUT2D eigenvalue weighted by atomic mass is 16.3. The van der Waals surface area contributed by atoms with Crippen LogP contribution in [0.4, 0.5) is 17.1 Å². The smallest absolute Gasteiger partial charge is 0.159 e. The van der Waals surface area contributed by atoms with Crippen molar-refractivity contribution >= 4 is 39.0 Å². The zero-order chi connectivity index (χ0) is 37.8. The van der Waals surface area contributed by atoms with Gasteiger partial charge in [-0.15, -0.1) is 0 Å². The highest BCUT2D eigenvalue weighted by Crippen LogP contribution is 2.56.